The van der Waals surface area contributed by atoms with Crippen LogP contribution in [0.25, 0.3) is 0 Å². The van der Waals surface area contributed by atoms with E-state index in [1.807, 2.05) is 0 Å². The number of hydrogen-bond donors (Lipinski definition) is 3. The molecule has 2 atom stereocenters. The maximum Gasteiger partial charge on any atom is 0.407 e. The Kier molecular flexibility index (Phi) is 9.54. The fourth-order valence-electron chi connectivity index (χ4n) is 2.72. The summed E-state index contributed by atoms with van der Waals surface area (Å²) in [5.74, 6) is -1.05. The van der Waals surface area contributed by atoms with Crippen LogP contribution in [0.2, 0.25) is 0 Å². The normalized spacial score (nSPS) is 13.3. The number of nitrogens with zero attached hydrogens (tertiary/aromatic N) is 2. The Labute approximate surface area is 185 Å². The standard InChI is InChI=1S/C21H29FN4O6/c1-21(2,3)32-20(29)24-10-5-4-8-15(16(27)13-30-17-9-12-31-26-17)25-19(28)14-7-6-11-23-18(14)22/h6-7,9,11-12,15,19,25,28H,4-5,8,10,13H2,1-3H3,(H,24,29)/t15-,19?/m0/s1. The molecule has 0 aromatic carbocycles. The molecular weight excluding hydrogens is 423 g/mol. The second kappa shape index (κ2) is 12.1. The van der Waals surface area contributed by atoms with Gasteiger partial charge in [0.25, 0.3) is 5.88 Å². The zero-order valence-corrected chi connectivity index (χ0v) is 18.3. The Hall–Kier alpha value is -3.05. The molecule has 0 bridgehead atoms. The van der Waals surface area contributed by atoms with Crippen LogP contribution in [-0.2, 0) is 9.53 Å². The molecule has 0 aliphatic rings. The molecule has 1 unspecified atom stereocenters. The summed E-state index contributed by atoms with van der Waals surface area (Å²) in [4.78, 5) is 27.9. The van der Waals surface area contributed by atoms with Gasteiger partial charge < -0.3 is 24.4 Å². The third-order valence-electron chi connectivity index (χ3n) is 4.19. The molecule has 32 heavy (non-hydrogen) atoms. The lowest BCUT2D eigenvalue weighted by Gasteiger charge is -2.22. The SMILES string of the molecule is CC(C)(C)OC(=O)NCCCC[C@H](NC(O)c1cccnc1F)C(=O)COc1ccon1. The summed E-state index contributed by atoms with van der Waals surface area (Å²) >= 11 is 0. The van der Waals surface area contributed by atoms with Gasteiger partial charge in [0.05, 0.1) is 11.6 Å². The average Bonchev–Trinajstić information content (AvgIpc) is 3.23. The predicted molar refractivity (Wildman–Crippen MR) is 111 cm³/mol. The Morgan fingerprint density at radius 1 is 1.28 bits per heavy atom. The lowest BCUT2D eigenvalue weighted by molar-refractivity contribution is -0.124. The van der Waals surface area contributed by atoms with E-state index in [9.17, 15) is 19.1 Å². The van der Waals surface area contributed by atoms with Crippen molar-refractivity contribution in [2.75, 3.05) is 13.2 Å². The predicted octanol–water partition coefficient (Wildman–Crippen LogP) is 2.50. The molecule has 10 nitrogen and oxygen atoms in total. The summed E-state index contributed by atoms with van der Waals surface area (Å²) < 4.78 is 29.0. The number of ketones is 1. The van der Waals surface area contributed by atoms with Crippen LogP contribution in [0.15, 0.2) is 35.2 Å². The summed E-state index contributed by atoms with van der Waals surface area (Å²) in [6, 6.07) is 3.48. The number of aliphatic hydroxyl groups excluding tert-OH is 1. The molecule has 2 aromatic heterocycles. The molecule has 0 radical (unpaired) electrons. The second-order valence-corrected chi connectivity index (χ2v) is 8.02. The lowest BCUT2D eigenvalue weighted by atomic mass is 10.0. The van der Waals surface area contributed by atoms with E-state index in [1.165, 1.54) is 30.7 Å². The van der Waals surface area contributed by atoms with E-state index in [4.69, 9.17) is 9.47 Å². The summed E-state index contributed by atoms with van der Waals surface area (Å²) in [5.41, 5.74) is -0.665. The van der Waals surface area contributed by atoms with Crippen molar-refractivity contribution in [3.63, 3.8) is 0 Å². The number of Topliss-reactive ketones (excluding diaryl/α,β-unsaturated/α-hetero) is 1. The number of aliphatic hydroxyl groups is 1. The second-order valence-electron chi connectivity index (χ2n) is 8.02. The monoisotopic (exact) mass is 452 g/mol. The smallest absolute Gasteiger partial charge is 0.407 e. The van der Waals surface area contributed by atoms with Gasteiger partial charge in [-0.15, -0.1) is 0 Å². The van der Waals surface area contributed by atoms with Crippen LogP contribution < -0.4 is 15.4 Å². The number of aromatic nitrogens is 2. The number of rotatable bonds is 12. The van der Waals surface area contributed by atoms with Crippen LogP contribution in [0.5, 0.6) is 5.88 Å². The molecule has 2 rings (SSSR count). The Balaban J connectivity index is 1.89. The van der Waals surface area contributed by atoms with Gasteiger partial charge in [-0.25, -0.2) is 9.78 Å². The first-order valence-electron chi connectivity index (χ1n) is 10.2. The highest BCUT2D eigenvalue weighted by Crippen LogP contribution is 2.15. The van der Waals surface area contributed by atoms with Gasteiger partial charge in [0.2, 0.25) is 5.95 Å². The molecule has 1 amide bonds. The molecule has 0 aliphatic heterocycles. The quantitative estimate of drug-likeness (QED) is 0.252. The van der Waals surface area contributed by atoms with E-state index < -0.39 is 29.9 Å². The minimum absolute atomic E-state index is 0.0747. The molecule has 11 heteroatoms. The van der Waals surface area contributed by atoms with E-state index >= 15 is 0 Å². The summed E-state index contributed by atoms with van der Waals surface area (Å²) in [5, 5.41) is 19.3. The van der Waals surface area contributed by atoms with Crippen molar-refractivity contribution in [2.45, 2.75) is 57.9 Å². The fraction of sp³-hybridized carbons (Fsp3) is 0.524. The van der Waals surface area contributed by atoms with E-state index in [0.29, 0.717) is 25.8 Å². The van der Waals surface area contributed by atoms with Crippen molar-refractivity contribution in [1.82, 2.24) is 20.8 Å². The minimum atomic E-state index is -1.44. The zero-order chi connectivity index (χ0) is 23.6. The summed E-state index contributed by atoms with van der Waals surface area (Å²) in [6.07, 6.45) is 2.02. The van der Waals surface area contributed by atoms with Crippen LogP contribution in [0.4, 0.5) is 9.18 Å². The number of halogens is 1. The molecule has 0 spiro atoms. The Bertz CT molecular complexity index is 856. The summed E-state index contributed by atoms with van der Waals surface area (Å²) in [7, 11) is 0. The van der Waals surface area contributed by atoms with Crippen molar-refractivity contribution in [3.05, 3.63) is 42.2 Å². The Morgan fingerprint density at radius 2 is 2.06 bits per heavy atom. The van der Waals surface area contributed by atoms with Gasteiger partial charge in [-0.3, -0.25) is 10.1 Å². The van der Waals surface area contributed by atoms with Crippen molar-refractivity contribution in [2.24, 2.45) is 0 Å². The number of nitrogens with one attached hydrogen (secondary N) is 2. The Morgan fingerprint density at radius 3 is 2.72 bits per heavy atom. The van der Waals surface area contributed by atoms with Crippen LogP contribution in [0, 0.1) is 5.95 Å². The topological polar surface area (TPSA) is 136 Å². The number of alkyl carbamates (subject to hydrolysis) is 1. The van der Waals surface area contributed by atoms with Crippen LogP contribution in [0.1, 0.15) is 51.8 Å². The van der Waals surface area contributed by atoms with Crippen molar-refractivity contribution in [3.8, 4) is 5.88 Å². The van der Waals surface area contributed by atoms with Gasteiger partial charge in [0.15, 0.2) is 5.78 Å². The van der Waals surface area contributed by atoms with Crippen molar-refractivity contribution < 1.29 is 33.1 Å². The van der Waals surface area contributed by atoms with E-state index in [-0.39, 0.29) is 23.8 Å². The number of carbonyl (C=O) groups excluding carboxylic acids is 2. The minimum Gasteiger partial charge on any atom is -0.467 e. The number of carbonyl (C=O) groups is 2. The third kappa shape index (κ3) is 8.98. The molecule has 3 N–H and O–H groups in total. The zero-order valence-electron chi connectivity index (χ0n) is 18.3. The molecule has 176 valence electrons. The van der Waals surface area contributed by atoms with Crippen LogP contribution in [0.3, 0.4) is 0 Å². The molecule has 0 aliphatic carbocycles. The van der Waals surface area contributed by atoms with Gasteiger partial charge in [-0.2, -0.15) is 4.39 Å². The number of amides is 1. The maximum absolute atomic E-state index is 13.9. The van der Waals surface area contributed by atoms with Gasteiger partial charge in [0, 0.05) is 18.8 Å². The molecule has 2 aromatic rings. The first-order chi connectivity index (χ1) is 15.2. The fourth-order valence-corrected chi connectivity index (χ4v) is 2.72. The highest BCUT2D eigenvalue weighted by atomic mass is 19.1. The highest BCUT2D eigenvalue weighted by molar-refractivity contribution is 5.85. The first-order valence-corrected chi connectivity index (χ1v) is 10.2. The molecular formula is C21H29FN4O6. The molecule has 0 saturated heterocycles. The van der Waals surface area contributed by atoms with Gasteiger partial charge >= 0.3 is 6.09 Å². The van der Waals surface area contributed by atoms with Gasteiger partial charge in [-0.1, -0.05) is 0 Å². The number of unbranched alkanes of at least 4 members (excludes halogenated alkanes) is 1. The van der Waals surface area contributed by atoms with Crippen molar-refractivity contribution in [1.29, 1.82) is 0 Å². The van der Waals surface area contributed by atoms with Gasteiger partial charge in [0.1, 0.15) is 24.7 Å². The lowest BCUT2D eigenvalue weighted by Crippen LogP contribution is -2.42. The highest BCUT2D eigenvalue weighted by Gasteiger charge is 2.24. The maximum atomic E-state index is 13.9. The molecule has 0 saturated carbocycles. The van der Waals surface area contributed by atoms with Gasteiger partial charge in [-0.05, 0) is 57.3 Å². The number of pyridine rings is 1. The first kappa shape index (κ1) is 25.2. The average molecular weight is 452 g/mol. The number of hydrogen-bond acceptors (Lipinski definition) is 9. The van der Waals surface area contributed by atoms with Crippen LogP contribution >= 0.6 is 0 Å². The molecule has 0 fully saturated rings. The van der Waals surface area contributed by atoms with Crippen molar-refractivity contribution >= 4 is 11.9 Å². The largest absolute Gasteiger partial charge is 0.467 e. The van der Waals surface area contributed by atoms with Crippen LogP contribution in [-0.4, -0.2) is 51.9 Å². The molecule has 2 heterocycles. The number of ether oxygens (including phenoxy) is 2. The van der Waals surface area contributed by atoms with E-state index in [2.05, 4.69) is 25.3 Å². The van der Waals surface area contributed by atoms with E-state index in [0.717, 1.165) is 0 Å². The third-order valence-corrected chi connectivity index (χ3v) is 4.19. The van der Waals surface area contributed by atoms with E-state index in [1.54, 1.807) is 20.8 Å². The summed E-state index contributed by atoms with van der Waals surface area (Å²) in [6.45, 7) is 5.34.